The molecule has 3 nitrogen and oxygen atoms in total. The molecule has 0 spiro atoms. The van der Waals surface area contributed by atoms with Gasteiger partial charge in [-0.05, 0) is 61.2 Å². The van der Waals surface area contributed by atoms with Gasteiger partial charge in [0.15, 0.2) is 5.11 Å². The van der Waals surface area contributed by atoms with E-state index in [4.69, 9.17) is 17.3 Å². The molecular formula is C23H25N3S. The molecule has 4 rings (SSSR count). The highest BCUT2D eigenvalue weighted by Gasteiger charge is 2.42. The summed E-state index contributed by atoms with van der Waals surface area (Å²) in [7, 11) is 0. The highest BCUT2D eigenvalue weighted by atomic mass is 32.1. The molecule has 1 heterocycles. The highest BCUT2D eigenvalue weighted by Crippen LogP contribution is 2.44. The maximum Gasteiger partial charge on any atom is 0.190 e. The van der Waals surface area contributed by atoms with Crippen molar-refractivity contribution in [2.45, 2.75) is 32.2 Å². The molecule has 2 aromatic rings. The van der Waals surface area contributed by atoms with Crippen molar-refractivity contribution in [2.24, 2.45) is 11.0 Å². The third-order valence-electron chi connectivity index (χ3n) is 5.32. The summed E-state index contributed by atoms with van der Waals surface area (Å²) in [6.07, 6.45) is 5.71. The number of fused-ring (bicyclic) bond motifs is 1. The van der Waals surface area contributed by atoms with Crippen LogP contribution in [0, 0.1) is 5.92 Å². The van der Waals surface area contributed by atoms with E-state index in [2.05, 4.69) is 79.0 Å². The zero-order chi connectivity index (χ0) is 18.6. The summed E-state index contributed by atoms with van der Waals surface area (Å²) in [5, 5.41) is 11.1. The lowest BCUT2D eigenvalue weighted by atomic mass is 9.77. The largest absolute Gasteiger partial charge is 0.361 e. The lowest BCUT2D eigenvalue weighted by Crippen LogP contribution is -2.38. The van der Waals surface area contributed by atoms with E-state index in [0.717, 1.165) is 19.4 Å². The summed E-state index contributed by atoms with van der Waals surface area (Å²) in [5.41, 5.74) is 5.07. The van der Waals surface area contributed by atoms with Gasteiger partial charge in [0.1, 0.15) is 0 Å². The minimum atomic E-state index is 0.173. The van der Waals surface area contributed by atoms with Gasteiger partial charge in [0.2, 0.25) is 0 Å². The van der Waals surface area contributed by atoms with Crippen molar-refractivity contribution >= 4 is 29.1 Å². The summed E-state index contributed by atoms with van der Waals surface area (Å²) in [5.74, 6) is 0.382. The van der Waals surface area contributed by atoms with E-state index in [0.29, 0.717) is 11.0 Å². The molecule has 27 heavy (non-hydrogen) atoms. The van der Waals surface area contributed by atoms with Gasteiger partial charge in [0, 0.05) is 12.5 Å². The topological polar surface area (TPSA) is 27.6 Å². The van der Waals surface area contributed by atoms with E-state index in [-0.39, 0.29) is 6.04 Å². The maximum atomic E-state index is 5.67. The van der Waals surface area contributed by atoms with E-state index in [1.54, 1.807) is 0 Å². The molecule has 0 radical (unpaired) electrons. The fourth-order valence-electron chi connectivity index (χ4n) is 4.13. The van der Waals surface area contributed by atoms with Crippen molar-refractivity contribution in [2.75, 3.05) is 6.54 Å². The lowest BCUT2D eigenvalue weighted by Gasteiger charge is -2.30. The Kier molecular flexibility index (Phi) is 5.35. The van der Waals surface area contributed by atoms with Gasteiger partial charge in [-0.2, -0.15) is 5.10 Å². The van der Waals surface area contributed by atoms with Crippen LogP contribution < -0.4 is 5.32 Å². The van der Waals surface area contributed by atoms with Crippen LogP contribution in [0.15, 0.2) is 71.3 Å². The first-order chi connectivity index (χ1) is 13.3. The number of nitrogens with zero attached hydrogens (tertiary/aromatic N) is 2. The summed E-state index contributed by atoms with van der Waals surface area (Å²) >= 11 is 5.67. The quantitative estimate of drug-likeness (QED) is 0.749. The molecule has 1 N–H and O–H groups in total. The van der Waals surface area contributed by atoms with Crippen LogP contribution in [0.2, 0.25) is 0 Å². The third-order valence-corrected chi connectivity index (χ3v) is 5.65. The molecule has 0 amide bonds. The Morgan fingerprint density at radius 3 is 2.56 bits per heavy atom. The fourth-order valence-corrected chi connectivity index (χ4v) is 4.43. The number of allylic oxidation sites excluding steroid dienone is 1. The molecule has 1 saturated carbocycles. The van der Waals surface area contributed by atoms with Gasteiger partial charge in [-0.3, -0.25) is 0 Å². The number of rotatable bonds is 3. The van der Waals surface area contributed by atoms with E-state index >= 15 is 0 Å². The molecule has 4 heteroatoms. The molecule has 0 saturated heterocycles. The molecule has 2 atom stereocenters. The number of hydrogen-bond acceptors (Lipinski definition) is 2. The van der Waals surface area contributed by atoms with Gasteiger partial charge in [-0.15, -0.1) is 0 Å². The zero-order valence-electron chi connectivity index (χ0n) is 15.6. The standard InChI is InChI=1S/C23H25N3S/c1-2-24-23(27)26-22(18-12-7-4-8-13-18)20-15-9-14-19(21(20)25-26)16-17-10-5-3-6-11-17/h3-8,10-13,16,20,22H,2,9,14-15H2,1H3,(H,24,27)/b19-16-. The minimum absolute atomic E-state index is 0.173. The Morgan fingerprint density at radius 2 is 1.85 bits per heavy atom. The smallest absolute Gasteiger partial charge is 0.190 e. The number of benzene rings is 2. The molecule has 0 bridgehead atoms. The summed E-state index contributed by atoms with van der Waals surface area (Å²) in [6, 6.07) is 21.4. The normalized spacial score (nSPS) is 23.1. The zero-order valence-corrected chi connectivity index (χ0v) is 16.5. The number of hydrogen-bond donors (Lipinski definition) is 1. The van der Waals surface area contributed by atoms with Gasteiger partial charge in [0.25, 0.3) is 0 Å². The van der Waals surface area contributed by atoms with Crippen LogP contribution in [0.3, 0.4) is 0 Å². The summed E-state index contributed by atoms with van der Waals surface area (Å²) in [6.45, 7) is 2.87. The first kappa shape index (κ1) is 17.9. The van der Waals surface area contributed by atoms with Crippen molar-refractivity contribution < 1.29 is 0 Å². The maximum absolute atomic E-state index is 5.67. The van der Waals surface area contributed by atoms with Gasteiger partial charge in [-0.1, -0.05) is 60.7 Å². The average molecular weight is 376 g/mol. The summed E-state index contributed by atoms with van der Waals surface area (Å²) < 4.78 is 0. The molecule has 1 fully saturated rings. The van der Waals surface area contributed by atoms with E-state index in [1.165, 1.54) is 28.8 Å². The van der Waals surface area contributed by atoms with Gasteiger partial charge >= 0.3 is 0 Å². The van der Waals surface area contributed by atoms with Gasteiger partial charge in [0.05, 0.1) is 11.8 Å². The Morgan fingerprint density at radius 1 is 1.15 bits per heavy atom. The van der Waals surface area contributed by atoms with Crippen molar-refractivity contribution in [3.8, 4) is 0 Å². The number of nitrogens with one attached hydrogen (secondary N) is 1. The predicted molar refractivity (Wildman–Crippen MR) is 116 cm³/mol. The van der Waals surface area contributed by atoms with Gasteiger partial charge in [-0.25, -0.2) is 5.01 Å². The molecule has 2 aliphatic rings. The number of thiocarbonyl (C=S) groups is 1. The highest BCUT2D eigenvalue weighted by molar-refractivity contribution is 7.80. The van der Waals surface area contributed by atoms with Crippen molar-refractivity contribution in [3.63, 3.8) is 0 Å². The molecule has 0 aromatic heterocycles. The van der Waals surface area contributed by atoms with Crippen LogP contribution in [0.25, 0.3) is 6.08 Å². The lowest BCUT2D eigenvalue weighted by molar-refractivity contribution is 0.300. The monoisotopic (exact) mass is 375 g/mol. The second-order valence-electron chi connectivity index (χ2n) is 7.10. The van der Waals surface area contributed by atoms with Crippen LogP contribution in [-0.4, -0.2) is 22.4 Å². The molecule has 1 aliphatic heterocycles. The molecule has 1 aliphatic carbocycles. The molecule has 2 unspecified atom stereocenters. The number of hydrazone groups is 1. The van der Waals surface area contributed by atoms with Crippen molar-refractivity contribution in [1.82, 2.24) is 10.3 Å². The van der Waals surface area contributed by atoms with Crippen LogP contribution in [0.5, 0.6) is 0 Å². The van der Waals surface area contributed by atoms with Crippen molar-refractivity contribution in [3.05, 3.63) is 77.4 Å². The second-order valence-corrected chi connectivity index (χ2v) is 7.49. The Balaban J connectivity index is 1.73. The Bertz CT molecular complexity index is 858. The van der Waals surface area contributed by atoms with E-state index in [9.17, 15) is 0 Å². The molecular weight excluding hydrogens is 350 g/mol. The van der Waals surface area contributed by atoms with Crippen LogP contribution >= 0.6 is 12.2 Å². The second kappa shape index (κ2) is 8.05. The third kappa shape index (κ3) is 3.67. The first-order valence-corrected chi connectivity index (χ1v) is 10.1. The van der Waals surface area contributed by atoms with E-state index < -0.39 is 0 Å². The minimum Gasteiger partial charge on any atom is -0.361 e. The SMILES string of the molecule is CCNC(=S)N1N=C2/C(=C\c3ccccc3)CCCC2C1c1ccccc1. The Labute approximate surface area is 166 Å². The molecule has 2 aromatic carbocycles. The average Bonchev–Trinajstić information content (AvgIpc) is 3.10. The van der Waals surface area contributed by atoms with Crippen LogP contribution in [0.1, 0.15) is 43.4 Å². The summed E-state index contributed by atoms with van der Waals surface area (Å²) in [4.78, 5) is 0. The van der Waals surface area contributed by atoms with E-state index in [1.807, 2.05) is 5.01 Å². The fraction of sp³-hybridized carbons (Fsp3) is 0.304. The van der Waals surface area contributed by atoms with Crippen molar-refractivity contribution in [1.29, 1.82) is 0 Å². The van der Waals surface area contributed by atoms with Crippen LogP contribution in [0.4, 0.5) is 0 Å². The first-order valence-electron chi connectivity index (χ1n) is 9.74. The van der Waals surface area contributed by atoms with Crippen LogP contribution in [-0.2, 0) is 0 Å². The Hall–Kier alpha value is -2.46. The predicted octanol–water partition coefficient (Wildman–Crippen LogP) is 5.18. The van der Waals surface area contributed by atoms with Gasteiger partial charge < -0.3 is 5.32 Å². The molecule has 138 valence electrons.